The molecule has 2 rings (SSSR count). The van der Waals surface area contributed by atoms with E-state index in [0.29, 0.717) is 0 Å². The van der Waals surface area contributed by atoms with Gasteiger partial charge in [0.2, 0.25) is 5.79 Å². The highest BCUT2D eigenvalue weighted by molar-refractivity contribution is 5.04. The first-order chi connectivity index (χ1) is 8.94. The van der Waals surface area contributed by atoms with Crippen molar-refractivity contribution in [3.05, 3.63) is 20.9 Å². The van der Waals surface area contributed by atoms with Crippen molar-refractivity contribution in [3.8, 4) is 0 Å². The molecule has 0 aromatic carbocycles. The van der Waals surface area contributed by atoms with Crippen molar-refractivity contribution in [2.24, 2.45) is 10.2 Å². The van der Waals surface area contributed by atoms with Crippen LogP contribution in [-0.2, 0) is 14.2 Å². The minimum atomic E-state index is -1.34. The Kier molecular flexibility index (Phi) is 3.55. The number of hydrogen-bond acceptors (Lipinski definition) is 6. The highest BCUT2D eigenvalue weighted by Crippen LogP contribution is 2.45. The summed E-state index contributed by atoms with van der Waals surface area (Å²) in [7, 11) is 0. The van der Waals surface area contributed by atoms with Gasteiger partial charge in [0.05, 0.1) is 19.2 Å². The van der Waals surface area contributed by atoms with Crippen LogP contribution in [0, 0.1) is 0 Å². The molecule has 0 saturated carbocycles. The van der Waals surface area contributed by atoms with Crippen molar-refractivity contribution >= 4 is 0 Å². The Labute approximate surface area is 108 Å². The lowest BCUT2D eigenvalue weighted by Crippen LogP contribution is -2.43. The van der Waals surface area contributed by atoms with Gasteiger partial charge >= 0.3 is 0 Å². The summed E-state index contributed by atoms with van der Waals surface area (Å²) in [6.45, 7) is 3.14. The summed E-state index contributed by atoms with van der Waals surface area (Å²) in [4.78, 5) is 5.27. The maximum absolute atomic E-state index is 10.1. The highest BCUT2D eigenvalue weighted by Gasteiger charge is 2.64. The topological polar surface area (TPSA) is 145 Å². The van der Waals surface area contributed by atoms with Crippen molar-refractivity contribution in [1.82, 2.24) is 0 Å². The number of nitrogens with zero attached hydrogens (tertiary/aromatic N) is 6. The van der Waals surface area contributed by atoms with Gasteiger partial charge in [-0.1, -0.05) is 10.2 Å². The van der Waals surface area contributed by atoms with Crippen LogP contribution in [0.1, 0.15) is 13.8 Å². The van der Waals surface area contributed by atoms with Crippen LogP contribution >= 0.6 is 0 Å². The second-order valence-electron chi connectivity index (χ2n) is 4.80. The van der Waals surface area contributed by atoms with E-state index in [0.717, 1.165) is 0 Å². The van der Waals surface area contributed by atoms with Gasteiger partial charge in [0, 0.05) is 9.82 Å². The molecule has 2 aliphatic rings. The number of azide groups is 2. The van der Waals surface area contributed by atoms with E-state index in [2.05, 4.69) is 20.1 Å². The van der Waals surface area contributed by atoms with E-state index in [4.69, 9.17) is 25.3 Å². The maximum atomic E-state index is 10.1. The molecule has 2 fully saturated rings. The van der Waals surface area contributed by atoms with Gasteiger partial charge in [0.15, 0.2) is 5.79 Å². The fourth-order valence-electron chi connectivity index (χ4n) is 2.39. The predicted octanol–water partition coefficient (Wildman–Crippen LogP) is 1.21. The predicted molar refractivity (Wildman–Crippen MR) is 61.7 cm³/mol. The molecule has 104 valence electrons. The number of rotatable bonds is 4. The summed E-state index contributed by atoms with van der Waals surface area (Å²) >= 11 is 0. The molecule has 10 nitrogen and oxygen atoms in total. The molecule has 0 bridgehead atoms. The highest BCUT2D eigenvalue weighted by atomic mass is 16.9. The average Bonchev–Trinajstić information content (AvgIpc) is 2.75. The molecule has 19 heavy (non-hydrogen) atoms. The van der Waals surface area contributed by atoms with Gasteiger partial charge in [-0.05, 0) is 24.9 Å². The number of hydrogen-bond donors (Lipinski definition) is 1. The Bertz CT molecular complexity index is 458. The first-order valence-corrected chi connectivity index (χ1v) is 5.70. The lowest BCUT2D eigenvalue weighted by atomic mass is 10.1. The zero-order chi connectivity index (χ0) is 14.1. The van der Waals surface area contributed by atoms with Crippen LogP contribution in [0.25, 0.3) is 20.9 Å². The van der Waals surface area contributed by atoms with Gasteiger partial charge in [-0.3, -0.25) is 0 Å². The van der Waals surface area contributed by atoms with Crippen molar-refractivity contribution in [2.45, 2.75) is 43.7 Å². The normalized spacial score (nSPS) is 39.2. The lowest BCUT2D eigenvalue weighted by molar-refractivity contribution is -0.256. The second-order valence-corrected chi connectivity index (χ2v) is 4.80. The summed E-state index contributed by atoms with van der Waals surface area (Å²) in [5.41, 5.74) is 16.7. The van der Waals surface area contributed by atoms with Crippen molar-refractivity contribution in [2.75, 3.05) is 13.1 Å². The molecule has 10 heteroatoms. The molecule has 2 unspecified atom stereocenters. The van der Waals surface area contributed by atoms with Gasteiger partial charge in [-0.15, -0.1) is 0 Å². The zero-order valence-corrected chi connectivity index (χ0v) is 10.5. The van der Waals surface area contributed by atoms with E-state index >= 15 is 0 Å². The van der Waals surface area contributed by atoms with Crippen LogP contribution in [-0.4, -0.2) is 48.1 Å². The Morgan fingerprint density at radius 1 is 1.21 bits per heavy atom. The maximum Gasteiger partial charge on any atom is 0.206 e. The zero-order valence-electron chi connectivity index (χ0n) is 10.5. The van der Waals surface area contributed by atoms with Crippen LogP contribution in [0.4, 0.5) is 0 Å². The lowest BCUT2D eigenvalue weighted by Gasteiger charge is -2.27. The van der Waals surface area contributed by atoms with Gasteiger partial charge in [-0.25, -0.2) is 0 Å². The van der Waals surface area contributed by atoms with Gasteiger partial charge in [0.1, 0.15) is 12.2 Å². The number of ether oxygens (including phenoxy) is 3. The Balaban J connectivity index is 2.24. The first kappa shape index (κ1) is 13.9. The van der Waals surface area contributed by atoms with Crippen LogP contribution in [0.5, 0.6) is 0 Å². The van der Waals surface area contributed by atoms with E-state index in [-0.39, 0.29) is 13.1 Å². The van der Waals surface area contributed by atoms with Crippen LogP contribution in [0.15, 0.2) is 10.2 Å². The largest absolute Gasteiger partial charge is 0.387 e. The summed E-state index contributed by atoms with van der Waals surface area (Å²) in [6, 6.07) is 0. The van der Waals surface area contributed by atoms with E-state index < -0.39 is 29.9 Å². The minimum absolute atomic E-state index is 0.0562. The Morgan fingerprint density at radius 2 is 1.89 bits per heavy atom. The van der Waals surface area contributed by atoms with Crippen LogP contribution in [0.2, 0.25) is 0 Å². The quantitative estimate of drug-likeness (QED) is 0.464. The van der Waals surface area contributed by atoms with Gasteiger partial charge in [0.25, 0.3) is 0 Å². The number of fused-ring (bicyclic) bond motifs is 1. The first-order valence-electron chi connectivity index (χ1n) is 5.70. The fraction of sp³-hybridized carbons (Fsp3) is 1.00. The average molecular weight is 270 g/mol. The Hall–Kier alpha value is -1.54. The van der Waals surface area contributed by atoms with E-state index in [9.17, 15) is 5.11 Å². The van der Waals surface area contributed by atoms with Crippen molar-refractivity contribution in [1.29, 1.82) is 0 Å². The minimum Gasteiger partial charge on any atom is -0.387 e. The van der Waals surface area contributed by atoms with Crippen LogP contribution < -0.4 is 0 Å². The molecule has 0 radical (unpaired) electrons. The summed E-state index contributed by atoms with van der Waals surface area (Å²) < 4.78 is 16.8. The molecule has 0 aliphatic carbocycles. The molecular weight excluding hydrogens is 256 g/mol. The third-order valence-electron chi connectivity index (χ3n) is 2.98. The molecule has 0 spiro atoms. The van der Waals surface area contributed by atoms with Crippen molar-refractivity contribution in [3.63, 3.8) is 0 Å². The SMILES string of the molecule is CC1(C)OC2C(O)[C@H](CN=[N+]=[N-])O[C@@]2(CN=[N+]=[N-])O1. The summed E-state index contributed by atoms with van der Waals surface area (Å²) in [5, 5.41) is 16.9. The molecule has 4 atom stereocenters. The van der Waals surface area contributed by atoms with Crippen LogP contribution in [0.3, 0.4) is 0 Å². The molecule has 2 saturated heterocycles. The molecule has 1 N–H and O–H groups in total. The standard InChI is InChI=1S/C9H14N6O4/c1-8(2)18-7-6(16)5(3-12-14-10)17-9(7,19-8)4-13-15-11/h5-7,16H,3-4H2,1-2H3/t5-,6?,7?,9-/m0/s1. The molecule has 0 aromatic rings. The van der Waals surface area contributed by atoms with Gasteiger partial charge < -0.3 is 19.3 Å². The molecule has 0 aromatic heterocycles. The second kappa shape index (κ2) is 4.86. The van der Waals surface area contributed by atoms with E-state index in [1.165, 1.54) is 0 Å². The summed E-state index contributed by atoms with van der Waals surface area (Å²) in [5.74, 6) is -2.30. The smallest absolute Gasteiger partial charge is 0.206 e. The number of aliphatic hydroxyl groups is 1. The van der Waals surface area contributed by atoms with E-state index in [1.807, 2.05) is 0 Å². The monoisotopic (exact) mass is 270 g/mol. The van der Waals surface area contributed by atoms with E-state index in [1.54, 1.807) is 13.8 Å². The fourth-order valence-corrected chi connectivity index (χ4v) is 2.39. The molecule has 2 heterocycles. The molecule has 2 aliphatic heterocycles. The van der Waals surface area contributed by atoms with Crippen molar-refractivity contribution < 1.29 is 19.3 Å². The summed E-state index contributed by atoms with van der Waals surface area (Å²) in [6.07, 6.45) is -2.58. The number of aliphatic hydroxyl groups excluding tert-OH is 1. The Morgan fingerprint density at radius 3 is 2.53 bits per heavy atom. The molecular formula is C9H14N6O4. The molecule has 0 amide bonds. The van der Waals surface area contributed by atoms with Gasteiger partial charge in [-0.2, -0.15) is 0 Å². The third kappa shape index (κ3) is 2.45. The third-order valence-corrected chi connectivity index (χ3v) is 2.98.